The van der Waals surface area contributed by atoms with E-state index in [1.54, 1.807) is 17.0 Å². The molecule has 6 nitrogen and oxygen atoms in total. The SMILES string of the molecule is Nc1nc2ccc(-c3ccc(F)cc3C3CCN3C=O)cc2cc1N1CCOCC1. The highest BCUT2D eigenvalue weighted by Crippen LogP contribution is 2.39. The first-order valence-electron chi connectivity index (χ1n) is 10.2. The summed E-state index contributed by atoms with van der Waals surface area (Å²) in [5.74, 6) is 0.215. The van der Waals surface area contributed by atoms with E-state index in [0.717, 1.165) is 59.2 Å². The van der Waals surface area contributed by atoms with Crippen molar-refractivity contribution in [3.63, 3.8) is 0 Å². The van der Waals surface area contributed by atoms with Crippen molar-refractivity contribution in [2.24, 2.45) is 0 Å². The van der Waals surface area contributed by atoms with Gasteiger partial charge in [0, 0.05) is 25.0 Å². The van der Waals surface area contributed by atoms with E-state index in [0.29, 0.717) is 25.6 Å². The number of hydrogen-bond acceptors (Lipinski definition) is 5. The van der Waals surface area contributed by atoms with Gasteiger partial charge in [-0.2, -0.15) is 0 Å². The number of pyridine rings is 1. The number of ether oxygens (including phenoxy) is 1. The fourth-order valence-electron chi connectivity index (χ4n) is 4.35. The van der Waals surface area contributed by atoms with E-state index in [4.69, 9.17) is 10.5 Å². The van der Waals surface area contributed by atoms with Gasteiger partial charge in [0.2, 0.25) is 6.41 Å². The molecule has 0 aliphatic carbocycles. The van der Waals surface area contributed by atoms with Gasteiger partial charge in [-0.25, -0.2) is 9.37 Å². The minimum atomic E-state index is -0.295. The highest BCUT2D eigenvalue weighted by atomic mass is 19.1. The second-order valence-electron chi connectivity index (χ2n) is 7.78. The molecule has 0 spiro atoms. The molecule has 5 rings (SSSR count). The maximum atomic E-state index is 14.0. The van der Waals surface area contributed by atoms with E-state index >= 15 is 0 Å². The molecule has 2 aliphatic heterocycles. The predicted octanol–water partition coefficient (Wildman–Crippen LogP) is 3.36. The van der Waals surface area contributed by atoms with Crippen LogP contribution < -0.4 is 10.6 Å². The summed E-state index contributed by atoms with van der Waals surface area (Å²) in [7, 11) is 0. The van der Waals surface area contributed by atoms with Gasteiger partial charge in [-0.1, -0.05) is 12.1 Å². The van der Waals surface area contributed by atoms with Gasteiger partial charge in [-0.05, 0) is 53.4 Å². The van der Waals surface area contributed by atoms with Gasteiger partial charge in [0.1, 0.15) is 11.6 Å². The van der Waals surface area contributed by atoms with Crippen LogP contribution in [0.3, 0.4) is 0 Å². The highest BCUT2D eigenvalue weighted by Gasteiger charge is 2.30. The first-order chi connectivity index (χ1) is 14.6. The number of fused-ring (bicyclic) bond motifs is 1. The van der Waals surface area contributed by atoms with Gasteiger partial charge in [-0.3, -0.25) is 4.79 Å². The van der Waals surface area contributed by atoms with Crippen LogP contribution in [-0.4, -0.2) is 49.1 Å². The fourth-order valence-corrected chi connectivity index (χ4v) is 4.35. The van der Waals surface area contributed by atoms with Crippen LogP contribution in [0.1, 0.15) is 18.0 Å². The Morgan fingerprint density at radius 3 is 2.67 bits per heavy atom. The molecule has 154 valence electrons. The molecule has 0 radical (unpaired) electrons. The molecule has 3 aromatic rings. The molecule has 2 aromatic carbocycles. The average molecular weight is 406 g/mol. The lowest BCUT2D eigenvalue weighted by atomic mass is 9.88. The molecule has 1 aromatic heterocycles. The van der Waals surface area contributed by atoms with Crippen LogP contribution in [0.4, 0.5) is 15.9 Å². The molecule has 1 amide bonds. The second-order valence-corrected chi connectivity index (χ2v) is 7.78. The molecule has 2 saturated heterocycles. The zero-order valence-electron chi connectivity index (χ0n) is 16.6. The number of nitrogen functional groups attached to an aromatic ring is 1. The van der Waals surface area contributed by atoms with E-state index < -0.39 is 0 Å². The quantitative estimate of drug-likeness (QED) is 0.673. The number of hydrogen-bond donors (Lipinski definition) is 1. The van der Waals surface area contributed by atoms with E-state index in [-0.39, 0.29) is 11.9 Å². The summed E-state index contributed by atoms with van der Waals surface area (Å²) in [6.07, 6.45) is 1.67. The molecule has 3 heterocycles. The maximum absolute atomic E-state index is 14.0. The number of morpholine rings is 1. The van der Waals surface area contributed by atoms with Crippen LogP contribution in [0.25, 0.3) is 22.0 Å². The summed E-state index contributed by atoms with van der Waals surface area (Å²) in [6, 6.07) is 12.8. The van der Waals surface area contributed by atoms with E-state index in [1.165, 1.54) is 6.07 Å². The van der Waals surface area contributed by atoms with Gasteiger partial charge in [0.15, 0.2) is 0 Å². The highest BCUT2D eigenvalue weighted by molar-refractivity contribution is 5.90. The third-order valence-corrected chi connectivity index (χ3v) is 6.05. The standard InChI is InChI=1S/C23H23FN4O2/c24-17-2-3-18(19(13-17)21-5-6-28(21)14-29)15-1-4-20-16(11-15)12-22(23(25)26-20)27-7-9-30-10-8-27/h1-4,11-14,21H,5-10H2,(H2,25,26). The minimum Gasteiger partial charge on any atom is -0.382 e. The summed E-state index contributed by atoms with van der Waals surface area (Å²) < 4.78 is 19.5. The van der Waals surface area contributed by atoms with Crippen molar-refractivity contribution in [3.05, 3.63) is 53.8 Å². The van der Waals surface area contributed by atoms with E-state index in [9.17, 15) is 9.18 Å². The first-order valence-corrected chi connectivity index (χ1v) is 10.2. The van der Waals surface area contributed by atoms with Crippen molar-refractivity contribution in [3.8, 4) is 11.1 Å². The predicted molar refractivity (Wildman–Crippen MR) is 115 cm³/mol. The molecule has 0 saturated carbocycles. The van der Waals surface area contributed by atoms with Gasteiger partial charge >= 0.3 is 0 Å². The van der Waals surface area contributed by atoms with Crippen molar-refractivity contribution in [1.82, 2.24) is 9.88 Å². The van der Waals surface area contributed by atoms with Gasteiger partial charge in [-0.15, -0.1) is 0 Å². The minimum absolute atomic E-state index is 0.0858. The molecule has 2 N–H and O–H groups in total. The lowest BCUT2D eigenvalue weighted by molar-refractivity contribution is -0.125. The Hall–Kier alpha value is -3.19. The molecule has 2 fully saturated rings. The summed E-state index contributed by atoms with van der Waals surface area (Å²) in [5, 5.41) is 0.972. The first kappa shape index (κ1) is 18.8. The molecular formula is C23H23FN4O2. The molecule has 30 heavy (non-hydrogen) atoms. The van der Waals surface area contributed by atoms with Gasteiger partial charge < -0.3 is 20.3 Å². The monoisotopic (exact) mass is 406 g/mol. The number of nitrogens with zero attached hydrogens (tertiary/aromatic N) is 3. The lowest BCUT2D eigenvalue weighted by Crippen LogP contribution is -2.39. The maximum Gasteiger partial charge on any atom is 0.210 e. The van der Waals surface area contributed by atoms with Gasteiger partial charge in [0.05, 0.1) is 30.5 Å². The largest absolute Gasteiger partial charge is 0.382 e. The van der Waals surface area contributed by atoms with Crippen LogP contribution in [0.5, 0.6) is 0 Å². The number of rotatable bonds is 4. The third-order valence-electron chi connectivity index (χ3n) is 6.05. The normalized spacial score (nSPS) is 19.0. The molecule has 7 heteroatoms. The topological polar surface area (TPSA) is 71.7 Å². The summed E-state index contributed by atoms with van der Waals surface area (Å²) in [4.78, 5) is 19.8. The van der Waals surface area contributed by atoms with E-state index in [2.05, 4.69) is 22.0 Å². The Morgan fingerprint density at radius 1 is 1.10 bits per heavy atom. The van der Waals surface area contributed by atoms with Crippen LogP contribution in [0, 0.1) is 5.82 Å². The fraction of sp³-hybridized carbons (Fsp3) is 0.304. The Kier molecular flexibility index (Phi) is 4.75. The Morgan fingerprint density at radius 2 is 1.93 bits per heavy atom. The summed E-state index contributed by atoms with van der Waals surface area (Å²) in [5.41, 5.74) is 10.7. The molecule has 1 atom stereocenters. The second kappa shape index (κ2) is 7.57. The van der Waals surface area contributed by atoms with Crippen molar-refractivity contribution in [1.29, 1.82) is 0 Å². The summed E-state index contributed by atoms with van der Waals surface area (Å²) in [6.45, 7) is 3.61. The molecule has 0 bridgehead atoms. The number of benzene rings is 2. The average Bonchev–Trinajstić information content (AvgIpc) is 2.73. The van der Waals surface area contributed by atoms with Crippen molar-refractivity contribution < 1.29 is 13.9 Å². The number of aromatic nitrogens is 1. The molecule has 2 aliphatic rings. The molecular weight excluding hydrogens is 383 g/mol. The van der Waals surface area contributed by atoms with Crippen LogP contribution >= 0.6 is 0 Å². The van der Waals surface area contributed by atoms with Crippen LogP contribution in [0.2, 0.25) is 0 Å². The Bertz CT molecular complexity index is 1110. The zero-order valence-corrected chi connectivity index (χ0v) is 16.6. The van der Waals surface area contributed by atoms with Crippen molar-refractivity contribution >= 4 is 28.8 Å². The Labute approximate surface area is 174 Å². The van der Waals surface area contributed by atoms with Crippen molar-refractivity contribution in [2.45, 2.75) is 12.5 Å². The summed E-state index contributed by atoms with van der Waals surface area (Å²) >= 11 is 0. The Balaban J connectivity index is 1.58. The van der Waals surface area contributed by atoms with Crippen LogP contribution in [0.15, 0.2) is 42.5 Å². The third kappa shape index (κ3) is 3.25. The number of likely N-dealkylation sites (tertiary alicyclic amines) is 1. The van der Waals surface area contributed by atoms with Crippen LogP contribution in [-0.2, 0) is 9.53 Å². The number of nitrogens with two attached hydrogens (primary N) is 1. The molecule has 1 unspecified atom stereocenters. The zero-order chi connectivity index (χ0) is 20.7. The number of amides is 1. The lowest BCUT2D eigenvalue weighted by Gasteiger charge is -2.39. The van der Waals surface area contributed by atoms with E-state index in [1.807, 2.05) is 12.1 Å². The van der Waals surface area contributed by atoms with Gasteiger partial charge in [0.25, 0.3) is 0 Å². The number of carbonyl (C=O) groups excluding carboxylic acids is 1. The number of halogens is 1. The smallest absolute Gasteiger partial charge is 0.210 e. The van der Waals surface area contributed by atoms with Crippen molar-refractivity contribution in [2.75, 3.05) is 43.5 Å². The number of carbonyl (C=O) groups is 1. The number of anilines is 2.